The smallest absolute Gasteiger partial charge is 0.170 e. The molecule has 2 aromatic carbocycles. The molecule has 0 fully saturated rings. The first-order valence-corrected chi connectivity index (χ1v) is 6.62. The molecule has 22 heavy (non-hydrogen) atoms. The maximum Gasteiger partial charge on any atom is 0.170 e. The van der Waals surface area contributed by atoms with Gasteiger partial charge in [0.25, 0.3) is 0 Å². The minimum absolute atomic E-state index is 0.0884. The Labute approximate surface area is 126 Å². The van der Waals surface area contributed by atoms with Gasteiger partial charge in [-0.3, -0.25) is 4.79 Å². The van der Waals surface area contributed by atoms with E-state index in [1.54, 1.807) is 6.07 Å². The molecule has 1 aliphatic heterocycles. The molecule has 2 aromatic rings. The number of methoxy groups -OCH3 is 1. The number of benzene rings is 2. The second-order valence-corrected chi connectivity index (χ2v) is 5.00. The van der Waals surface area contributed by atoms with E-state index in [0.717, 1.165) is 0 Å². The lowest BCUT2D eigenvalue weighted by Gasteiger charge is -2.26. The lowest BCUT2D eigenvalue weighted by Crippen LogP contribution is -2.20. The third kappa shape index (κ3) is 2.28. The van der Waals surface area contributed by atoms with Crippen LogP contribution in [0.3, 0.4) is 0 Å². The van der Waals surface area contributed by atoms with E-state index in [1.807, 2.05) is 0 Å². The maximum absolute atomic E-state index is 12.3. The largest absolute Gasteiger partial charge is 0.504 e. The van der Waals surface area contributed by atoms with Gasteiger partial charge in [0.15, 0.2) is 28.8 Å². The quantitative estimate of drug-likeness (QED) is 0.738. The highest BCUT2D eigenvalue weighted by Crippen LogP contribution is 2.41. The number of fused-ring (bicyclic) bond motifs is 1. The zero-order valence-corrected chi connectivity index (χ0v) is 11.7. The van der Waals surface area contributed by atoms with Gasteiger partial charge >= 0.3 is 0 Å². The molecule has 0 aromatic heterocycles. The Bertz CT molecular complexity index is 753. The molecular formula is C16H14O6. The summed E-state index contributed by atoms with van der Waals surface area (Å²) in [7, 11) is 1.40. The summed E-state index contributed by atoms with van der Waals surface area (Å²) in [5.74, 6) is -0.338. The number of ketones is 1. The van der Waals surface area contributed by atoms with Crippen molar-refractivity contribution in [2.24, 2.45) is 0 Å². The maximum atomic E-state index is 12.3. The van der Waals surface area contributed by atoms with Crippen molar-refractivity contribution in [1.82, 2.24) is 0 Å². The Morgan fingerprint density at radius 3 is 2.55 bits per heavy atom. The van der Waals surface area contributed by atoms with Crippen LogP contribution in [-0.4, -0.2) is 28.2 Å². The van der Waals surface area contributed by atoms with E-state index in [9.17, 15) is 20.1 Å². The Kier molecular flexibility index (Phi) is 3.29. The number of aromatic hydroxyl groups is 3. The molecule has 0 aliphatic carbocycles. The topological polar surface area (TPSA) is 96.2 Å². The number of Topliss-reactive ketones (excluding diaryl/α,β-unsaturated/α-hetero) is 1. The van der Waals surface area contributed by atoms with E-state index in [1.165, 1.54) is 31.4 Å². The van der Waals surface area contributed by atoms with Crippen LogP contribution in [0.1, 0.15) is 28.4 Å². The van der Waals surface area contributed by atoms with Gasteiger partial charge in [0, 0.05) is 6.07 Å². The molecule has 0 saturated heterocycles. The predicted octanol–water partition coefficient (Wildman–Crippen LogP) is 2.52. The first-order chi connectivity index (χ1) is 10.5. The van der Waals surface area contributed by atoms with E-state index in [2.05, 4.69) is 0 Å². The third-order valence-corrected chi connectivity index (χ3v) is 3.59. The van der Waals surface area contributed by atoms with Crippen LogP contribution in [0.15, 0.2) is 30.3 Å². The molecule has 114 valence electrons. The van der Waals surface area contributed by atoms with Gasteiger partial charge in [0.05, 0.1) is 19.1 Å². The average Bonchev–Trinajstić information content (AvgIpc) is 2.49. The highest BCUT2D eigenvalue weighted by Gasteiger charge is 2.29. The Morgan fingerprint density at radius 2 is 1.86 bits per heavy atom. The van der Waals surface area contributed by atoms with Crippen molar-refractivity contribution in [2.45, 2.75) is 12.5 Å². The number of carbonyl (C=O) groups is 1. The number of phenols is 3. The Balaban J connectivity index is 1.98. The minimum Gasteiger partial charge on any atom is -0.504 e. The van der Waals surface area contributed by atoms with Crippen molar-refractivity contribution in [2.75, 3.05) is 7.11 Å². The molecule has 1 aliphatic rings. The first-order valence-electron chi connectivity index (χ1n) is 6.62. The van der Waals surface area contributed by atoms with Crippen LogP contribution in [0.2, 0.25) is 0 Å². The Morgan fingerprint density at radius 1 is 1.09 bits per heavy atom. The van der Waals surface area contributed by atoms with Gasteiger partial charge < -0.3 is 24.8 Å². The molecule has 3 rings (SSSR count). The van der Waals surface area contributed by atoms with Crippen molar-refractivity contribution in [3.8, 4) is 28.7 Å². The molecule has 0 unspecified atom stereocenters. The molecule has 0 amide bonds. The van der Waals surface area contributed by atoms with Crippen molar-refractivity contribution >= 4 is 5.78 Å². The van der Waals surface area contributed by atoms with E-state index in [0.29, 0.717) is 11.1 Å². The van der Waals surface area contributed by atoms with Gasteiger partial charge in [0.2, 0.25) is 0 Å². The molecule has 6 heteroatoms. The summed E-state index contributed by atoms with van der Waals surface area (Å²) in [6.07, 6.45) is -0.509. The first kappa shape index (κ1) is 14.1. The van der Waals surface area contributed by atoms with Crippen molar-refractivity contribution < 1.29 is 29.6 Å². The number of hydrogen-bond donors (Lipinski definition) is 3. The Hall–Kier alpha value is -2.89. The normalized spacial score (nSPS) is 16.8. The van der Waals surface area contributed by atoms with Gasteiger partial charge in [-0.1, -0.05) is 6.07 Å². The molecular weight excluding hydrogens is 288 g/mol. The number of phenolic OH excluding ortho intramolecular Hbond substituents is 3. The number of ether oxygens (including phenoxy) is 2. The lowest BCUT2D eigenvalue weighted by molar-refractivity contribution is 0.0848. The van der Waals surface area contributed by atoms with Crippen LogP contribution in [0.5, 0.6) is 28.7 Å². The van der Waals surface area contributed by atoms with Gasteiger partial charge in [-0.05, 0) is 23.8 Å². The summed E-state index contributed by atoms with van der Waals surface area (Å²) in [5, 5.41) is 28.7. The number of rotatable bonds is 2. The summed E-state index contributed by atoms with van der Waals surface area (Å²) in [4.78, 5) is 12.3. The zero-order valence-electron chi connectivity index (χ0n) is 11.7. The predicted molar refractivity (Wildman–Crippen MR) is 76.7 cm³/mol. The summed E-state index contributed by atoms with van der Waals surface area (Å²) in [6, 6.07) is 7.03. The average molecular weight is 302 g/mol. The highest BCUT2D eigenvalue weighted by molar-refractivity contribution is 6.00. The van der Waals surface area contributed by atoms with Crippen LogP contribution in [0.25, 0.3) is 0 Å². The van der Waals surface area contributed by atoms with Gasteiger partial charge in [-0.2, -0.15) is 0 Å². The second kappa shape index (κ2) is 5.14. The van der Waals surface area contributed by atoms with Gasteiger partial charge in [-0.15, -0.1) is 0 Å². The summed E-state index contributed by atoms with van der Waals surface area (Å²) >= 11 is 0. The van der Waals surface area contributed by atoms with E-state index < -0.39 is 6.10 Å². The van der Waals surface area contributed by atoms with Crippen LogP contribution < -0.4 is 9.47 Å². The zero-order chi connectivity index (χ0) is 15.9. The van der Waals surface area contributed by atoms with Crippen LogP contribution in [0.4, 0.5) is 0 Å². The molecule has 0 saturated carbocycles. The highest BCUT2D eigenvalue weighted by atomic mass is 16.5. The van der Waals surface area contributed by atoms with Crippen LogP contribution >= 0.6 is 0 Å². The fraction of sp³-hybridized carbons (Fsp3) is 0.188. The summed E-state index contributed by atoms with van der Waals surface area (Å²) in [6.45, 7) is 0. The fourth-order valence-corrected chi connectivity index (χ4v) is 2.43. The number of carbonyl (C=O) groups excluding carboxylic acids is 1. The van der Waals surface area contributed by atoms with E-state index in [4.69, 9.17) is 9.47 Å². The van der Waals surface area contributed by atoms with E-state index in [-0.39, 0.29) is 41.0 Å². The van der Waals surface area contributed by atoms with E-state index >= 15 is 0 Å². The van der Waals surface area contributed by atoms with Gasteiger partial charge in [-0.25, -0.2) is 0 Å². The van der Waals surface area contributed by atoms with Crippen molar-refractivity contribution in [1.29, 1.82) is 0 Å². The monoisotopic (exact) mass is 302 g/mol. The van der Waals surface area contributed by atoms with Crippen LogP contribution in [0, 0.1) is 0 Å². The molecule has 0 bridgehead atoms. The molecule has 3 N–H and O–H groups in total. The lowest BCUT2D eigenvalue weighted by atomic mass is 9.95. The molecule has 1 atom stereocenters. The second-order valence-electron chi connectivity index (χ2n) is 5.00. The standard InChI is InChI=1S/C16H14O6/c1-21-16-5-9-11(18)6-14(22-15(9)7-13(16)20)8-2-3-10(17)12(19)4-8/h2-5,7,14,17,19-20H,6H2,1H3/t14-/m0/s1. The number of hydrogen-bond acceptors (Lipinski definition) is 6. The van der Waals surface area contributed by atoms with Crippen molar-refractivity contribution in [3.05, 3.63) is 41.5 Å². The van der Waals surface area contributed by atoms with Crippen LogP contribution in [-0.2, 0) is 0 Å². The van der Waals surface area contributed by atoms with Crippen molar-refractivity contribution in [3.63, 3.8) is 0 Å². The molecule has 0 spiro atoms. The third-order valence-electron chi connectivity index (χ3n) is 3.59. The summed E-state index contributed by atoms with van der Waals surface area (Å²) < 4.78 is 10.7. The summed E-state index contributed by atoms with van der Waals surface area (Å²) in [5.41, 5.74) is 0.901. The molecule has 1 heterocycles. The SMILES string of the molecule is COc1cc2c(cc1O)O[C@H](c1ccc(O)c(O)c1)CC2=O. The van der Waals surface area contributed by atoms with Gasteiger partial charge in [0.1, 0.15) is 11.9 Å². The minimum atomic E-state index is -0.598. The molecule has 0 radical (unpaired) electrons. The molecule has 6 nitrogen and oxygen atoms in total. The fourth-order valence-electron chi connectivity index (χ4n) is 2.43.